The van der Waals surface area contributed by atoms with E-state index in [4.69, 9.17) is 9.47 Å². The number of rotatable bonds is 4. The monoisotopic (exact) mass is 291 g/mol. The molecule has 0 aliphatic carbocycles. The van der Waals surface area contributed by atoms with E-state index in [1.807, 2.05) is 18.2 Å². The Morgan fingerprint density at radius 3 is 2.67 bits per heavy atom. The van der Waals surface area contributed by atoms with Crippen molar-refractivity contribution in [2.24, 2.45) is 0 Å². The molecule has 1 atom stereocenters. The van der Waals surface area contributed by atoms with Crippen LogP contribution in [0.5, 0.6) is 0 Å². The van der Waals surface area contributed by atoms with Crippen molar-refractivity contribution in [2.75, 3.05) is 20.2 Å². The third kappa shape index (κ3) is 4.55. The summed E-state index contributed by atoms with van der Waals surface area (Å²) >= 11 is 0. The van der Waals surface area contributed by atoms with Crippen LogP contribution in [0.1, 0.15) is 31.9 Å². The zero-order valence-corrected chi connectivity index (χ0v) is 13.4. The predicted octanol–water partition coefficient (Wildman–Crippen LogP) is 2.40. The molecule has 0 amide bonds. The number of hydrogen-bond donors (Lipinski definition) is 0. The van der Waals surface area contributed by atoms with Crippen LogP contribution in [0, 0.1) is 0 Å². The van der Waals surface area contributed by atoms with Crippen LogP contribution in [0.2, 0.25) is 0 Å². The largest absolute Gasteiger partial charge is 0.469 e. The lowest BCUT2D eigenvalue weighted by Gasteiger charge is -2.42. The summed E-state index contributed by atoms with van der Waals surface area (Å²) in [4.78, 5) is 13.9. The Hall–Kier alpha value is -1.39. The highest BCUT2D eigenvalue weighted by molar-refractivity contribution is 5.72. The van der Waals surface area contributed by atoms with Crippen LogP contribution in [0.25, 0.3) is 0 Å². The second-order valence-electron chi connectivity index (χ2n) is 6.38. The van der Waals surface area contributed by atoms with Gasteiger partial charge in [-0.05, 0) is 31.9 Å². The van der Waals surface area contributed by atoms with E-state index in [0.717, 1.165) is 25.2 Å². The second-order valence-corrected chi connectivity index (χ2v) is 6.38. The van der Waals surface area contributed by atoms with Crippen molar-refractivity contribution in [3.05, 3.63) is 35.4 Å². The Kier molecular flexibility index (Phi) is 5.01. The average Bonchev–Trinajstić information content (AvgIpc) is 2.38. The minimum atomic E-state index is -0.196. The van der Waals surface area contributed by atoms with E-state index < -0.39 is 0 Å². The number of carbonyl (C=O) groups excluding carboxylic acids is 1. The highest BCUT2D eigenvalue weighted by Crippen LogP contribution is 2.23. The lowest BCUT2D eigenvalue weighted by atomic mass is 10.0. The van der Waals surface area contributed by atoms with Gasteiger partial charge in [0.05, 0.1) is 25.2 Å². The Morgan fingerprint density at radius 1 is 1.38 bits per heavy atom. The molecule has 0 N–H and O–H groups in total. The number of benzene rings is 1. The number of morpholine rings is 1. The molecule has 4 heteroatoms. The fraction of sp³-hybridized carbons (Fsp3) is 0.588. The zero-order valence-electron chi connectivity index (χ0n) is 13.4. The molecule has 0 spiro atoms. The van der Waals surface area contributed by atoms with Gasteiger partial charge >= 0.3 is 5.97 Å². The van der Waals surface area contributed by atoms with E-state index >= 15 is 0 Å². The summed E-state index contributed by atoms with van der Waals surface area (Å²) < 4.78 is 10.7. The number of hydrogen-bond acceptors (Lipinski definition) is 4. The topological polar surface area (TPSA) is 38.8 Å². The van der Waals surface area contributed by atoms with Crippen LogP contribution < -0.4 is 0 Å². The summed E-state index contributed by atoms with van der Waals surface area (Å²) in [5.41, 5.74) is 2.10. The molecule has 1 aliphatic rings. The van der Waals surface area contributed by atoms with Crippen LogP contribution in [0.4, 0.5) is 0 Å². The van der Waals surface area contributed by atoms with Crippen LogP contribution in [-0.4, -0.2) is 42.8 Å². The molecule has 0 aromatic heterocycles. The first kappa shape index (κ1) is 16.0. The number of nitrogens with zero attached hydrogens (tertiary/aromatic N) is 1. The van der Waals surface area contributed by atoms with E-state index in [-0.39, 0.29) is 17.7 Å². The van der Waals surface area contributed by atoms with E-state index in [1.165, 1.54) is 12.7 Å². The molecule has 1 heterocycles. The summed E-state index contributed by atoms with van der Waals surface area (Å²) in [7, 11) is 1.43. The van der Waals surface area contributed by atoms with Crippen molar-refractivity contribution in [1.29, 1.82) is 0 Å². The van der Waals surface area contributed by atoms with Crippen molar-refractivity contribution in [1.82, 2.24) is 4.90 Å². The van der Waals surface area contributed by atoms with E-state index in [0.29, 0.717) is 6.42 Å². The first-order valence-corrected chi connectivity index (χ1v) is 7.43. The molecule has 1 aromatic rings. The van der Waals surface area contributed by atoms with Gasteiger partial charge < -0.3 is 9.47 Å². The van der Waals surface area contributed by atoms with Gasteiger partial charge in [-0.1, -0.05) is 24.3 Å². The Bertz CT molecular complexity index is 499. The fourth-order valence-electron chi connectivity index (χ4n) is 3.06. The molecule has 1 fully saturated rings. The molecule has 1 aromatic carbocycles. The molecule has 0 saturated carbocycles. The van der Waals surface area contributed by atoms with E-state index in [9.17, 15) is 4.79 Å². The maximum absolute atomic E-state index is 11.5. The van der Waals surface area contributed by atoms with Crippen LogP contribution in [0.15, 0.2) is 24.3 Å². The third-order valence-electron chi connectivity index (χ3n) is 3.71. The van der Waals surface area contributed by atoms with E-state index in [2.05, 4.69) is 31.7 Å². The molecule has 21 heavy (non-hydrogen) atoms. The van der Waals surface area contributed by atoms with Crippen LogP contribution in [0.3, 0.4) is 0 Å². The standard InChI is InChI=1S/C17H25NO3/c1-13-10-18(12-17(2,3)21-13)11-15-8-6-5-7-14(15)9-16(19)20-4/h5-8,13H,9-12H2,1-4H3. The summed E-state index contributed by atoms with van der Waals surface area (Å²) in [6, 6.07) is 8.07. The molecule has 1 unspecified atom stereocenters. The molecule has 116 valence electrons. The van der Waals surface area contributed by atoms with Gasteiger partial charge in [-0.2, -0.15) is 0 Å². The van der Waals surface area contributed by atoms with Crippen molar-refractivity contribution in [3.8, 4) is 0 Å². The number of carbonyl (C=O) groups is 1. The smallest absolute Gasteiger partial charge is 0.309 e. The maximum Gasteiger partial charge on any atom is 0.309 e. The van der Waals surface area contributed by atoms with Gasteiger partial charge in [-0.25, -0.2) is 0 Å². The Balaban J connectivity index is 2.10. The summed E-state index contributed by atoms with van der Waals surface area (Å²) in [5, 5.41) is 0. The van der Waals surface area contributed by atoms with Gasteiger partial charge in [0.2, 0.25) is 0 Å². The summed E-state index contributed by atoms with van der Waals surface area (Å²) in [6.45, 7) is 8.99. The molecular weight excluding hydrogens is 266 g/mol. The zero-order chi connectivity index (χ0) is 15.5. The molecule has 1 saturated heterocycles. The van der Waals surface area contributed by atoms with Crippen molar-refractivity contribution in [2.45, 2.75) is 45.4 Å². The van der Waals surface area contributed by atoms with Crippen molar-refractivity contribution < 1.29 is 14.3 Å². The normalized spacial score (nSPS) is 22.0. The quantitative estimate of drug-likeness (QED) is 0.799. The van der Waals surface area contributed by atoms with Gasteiger partial charge in [-0.3, -0.25) is 9.69 Å². The predicted molar refractivity (Wildman–Crippen MR) is 82.1 cm³/mol. The number of ether oxygens (including phenoxy) is 2. The average molecular weight is 291 g/mol. The lowest BCUT2D eigenvalue weighted by molar-refractivity contribution is -0.140. The summed E-state index contributed by atoms with van der Waals surface area (Å²) in [5.74, 6) is -0.196. The SMILES string of the molecule is COC(=O)Cc1ccccc1CN1CC(C)OC(C)(C)C1. The molecule has 0 radical (unpaired) electrons. The lowest BCUT2D eigenvalue weighted by Crippen LogP contribution is -2.51. The van der Waals surface area contributed by atoms with Gasteiger partial charge in [0, 0.05) is 19.6 Å². The van der Waals surface area contributed by atoms with Gasteiger partial charge in [-0.15, -0.1) is 0 Å². The third-order valence-corrected chi connectivity index (χ3v) is 3.71. The Labute approximate surface area is 127 Å². The maximum atomic E-state index is 11.5. The minimum Gasteiger partial charge on any atom is -0.469 e. The molecular formula is C17H25NO3. The van der Waals surface area contributed by atoms with E-state index in [1.54, 1.807) is 0 Å². The number of methoxy groups -OCH3 is 1. The fourth-order valence-corrected chi connectivity index (χ4v) is 3.06. The molecule has 2 rings (SSSR count). The number of esters is 1. The van der Waals surface area contributed by atoms with Gasteiger partial charge in [0.15, 0.2) is 0 Å². The summed E-state index contributed by atoms with van der Waals surface area (Å²) in [6.07, 6.45) is 0.553. The van der Waals surface area contributed by atoms with Gasteiger partial charge in [0.25, 0.3) is 0 Å². The molecule has 4 nitrogen and oxygen atoms in total. The highest BCUT2D eigenvalue weighted by atomic mass is 16.5. The Morgan fingerprint density at radius 2 is 2.05 bits per heavy atom. The second kappa shape index (κ2) is 6.58. The first-order valence-electron chi connectivity index (χ1n) is 7.43. The minimum absolute atomic E-state index is 0.130. The molecule has 0 bridgehead atoms. The first-order chi connectivity index (χ1) is 9.89. The van der Waals surface area contributed by atoms with Gasteiger partial charge in [0.1, 0.15) is 0 Å². The van der Waals surface area contributed by atoms with Crippen LogP contribution in [-0.2, 0) is 27.2 Å². The highest BCUT2D eigenvalue weighted by Gasteiger charge is 2.31. The van der Waals surface area contributed by atoms with Crippen molar-refractivity contribution in [3.63, 3.8) is 0 Å². The van der Waals surface area contributed by atoms with Crippen LogP contribution >= 0.6 is 0 Å². The van der Waals surface area contributed by atoms with Crippen molar-refractivity contribution >= 4 is 5.97 Å². The molecule has 1 aliphatic heterocycles.